The molecule has 1 unspecified atom stereocenters. The molecule has 4 heteroatoms. The Balaban J connectivity index is 3.72. The Hall–Kier alpha value is -0.510. The number of rotatable bonds is 2. The van der Waals surface area contributed by atoms with E-state index in [1.165, 1.54) is 14.0 Å². The van der Waals surface area contributed by atoms with Crippen molar-refractivity contribution in [2.75, 3.05) is 7.11 Å². The molecule has 0 saturated carbocycles. The average molecular weight is 162 g/mol. The van der Waals surface area contributed by atoms with Crippen LogP contribution >= 0.6 is 11.8 Å². The van der Waals surface area contributed by atoms with Gasteiger partial charge in [0.1, 0.15) is 5.25 Å². The summed E-state index contributed by atoms with van der Waals surface area (Å²) in [7, 11) is 1.31. The fraction of sp³-hybridized carbons (Fsp3) is 0.667. The molecule has 0 aromatic rings. The topological polar surface area (TPSA) is 43.4 Å². The molecule has 3 nitrogen and oxygen atoms in total. The highest BCUT2D eigenvalue weighted by molar-refractivity contribution is 8.14. The monoisotopic (exact) mass is 162 g/mol. The third-order valence-corrected chi connectivity index (χ3v) is 1.75. The van der Waals surface area contributed by atoms with Crippen molar-refractivity contribution in [3.63, 3.8) is 0 Å². The summed E-state index contributed by atoms with van der Waals surface area (Å²) in [6.45, 7) is 3.06. The van der Waals surface area contributed by atoms with Crippen molar-refractivity contribution in [2.45, 2.75) is 19.1 Å². The van der Waals surface area contributed by atoms with E-state index in [2.05, 4.69) is 4.74 Å². The molecule has 10 heavy (non-hydrogen) atoms. The highest BCUT2D eigenvalue weighted by Gasteiger charge is 2.14. The van der Waals surface area contributed by atoms with Gasteiger partial charge in [0.05, 0.1) is 7.11 Å². The van der Waals surface area contributed by atoms with Crippen molar-refractivity contribution in [1.29, 1.82) is 0 Å². The van der Waals surface area contributed by atoms with Crippen LogP contribution in [0.25, 0.3) is 0 Å². The van der Waals surface area contributed by atoms with E-state index in [0.29, 0.717) is 0 Å². The summed E-state index contributed by atoms with van der Waals surface area (Å²) in [5.74, 6) is -0.361. The first-order chi connectivity index (χ1) is 4.57. The van der Waals surface area contributed by atoms with E-state index in [0.717, 1.165) is 11.8 Å². The second-order valence-electron chi connectivity index (χ2n) is 1.77. The van der Waals surface area contributed by atoms with Gasteiger partial charge in [0.25, 0.3) is 0 Å². The predicted molar refractivity (Wildman–Crippen MR) is 39.8 cm³/mol. The second-order valence-corrected chi connectivity index (χ2v) is 3.29. The highest BCUT2D eigenvalue weighted by Crippen LogP contribution is 2.11. The smallest absolute Gasteiger partial charge is 0.318 e. The van der Waals surface area contributed by atoms with Crippen LogP contribution in [0.2, 0.25) is 0 Å². The molecule has 0 amide bonds. The van der Waals surface area contributed by atoms with Crippen molar-refractivity contribution in [1.82, 2.24) is 0 Å². The minimum Gasteiger partial charge on any atom is -0.468 e. The van der Waals surface area contributed by atoms with Crippen LogP contribution in [0, 0.1) is 0 Å². The molecular weight excluding hydrogens is 152 g/mol. The first-order valence-corrected chi connectivity index (χ1v) is 3.71. The molecule has 58 valence electrons. The number of esters is 1. The summed E-state index contributed by atoms with van der Waals surface area (Å²) < 4.78 is 4.40. The lowest BCUT2D eigenvalue weighted by atomic mass is 10.5. The Kier molecular flexibility index (Phi) is 4.11. The summed E-state index contributed by atoms with van der Waals surface area (Å²) in [6.07, 6.45) is 0. The summed E-state index contributed by atoms with van der Waals surface area (Å²) in [5, 5.41) is -0.458. The maximum atomic E-state index is 10.7. The largest absolute Gasteiger partial charge is 0.468 e. The van der Waals surface area contributed by atoms with Crippen molar-refractivity contribution in [2.24, 2.45) is 0 Å². The van der Waals surface area contributed by atoms with E-state index < -0.39 is 0 Å². The lowest BCUT2D eigenvalue weighted by Crippen LogP contribution is -2.15. The average Bonchev–Trinajstić information content (AvgIpc) is 1.85. The molecule has 0 radical (unpaired) electrons. The molecule has 0 aliphatic carbocycles. The van der Waals surface area contributed by atoms with Crippen LogP contribution in [0.1, 0.15) is 13.8 Å². The van der Waals surface area contributed by atoms with Crippen LogP contribution in [-0.2, 0) is 14.3 Å². The standard InChI is InChI=1S/C6H10O3S/c1-4(6(8)9-3)10-5(2)7/h4H,1-3H3. The first-order valence-electron chi connectivity index (χ1n) is 2.83. The van der Waals surface area contributed by atoms with Crippen LogP contribution in [0.4, 0.5) is 0 Å². The summed E-state index contributed by atoms with van der Waals surface area (Å²) >= 11 is 0.974. The number of hydrogen-bond acceptors (Lipinski definition) is 4. The zero-order chi connectivity index (χ0) is 8.15. The number of carbonyl (C=O) groups is 2. The Bertz CT molecular complexity index is 144. The van der Waals surface area contributed by atoms with Crippen LogP contribution < -0.4 is 0 Å². The number of thioether (sulfide) groups is 1. The van der Waals surface area contributed by atoms with Gasteiger partial charge in [-0.25, -0.2) is 0 Å². The highest BCUT2D eigenvalue weighted by atomic mass is 32.2. The molecule has 0 rings (SSSR count). The Morgan fingerprint density at radius 2 is 2.00 bits per heavy atom. The minimum absolute atomic E-state index is 0.0714. The van der Waals surface area contributed by atoms with Gasteiger partial charge < -0.3 is 4.74 Å². The molecule has 0 aliphatic rings. The predicted octanol–water partition coefficient (Wildman–Crippen LogP) is 0.828. The number of hydrogen-bond donors (Lipinski definition) is 0. The van der Waals surface area contributed by atoms with E-state index in [1.54, 1.807) is 6.92 Å². The van der Waals surface area contributed by atoms with Crippen molar-refractivity contribution >= 4 is 22.8 Å². The van der Waals surface area contributed by atoms with Crippen molar-refractivity contribution < 1.29 is 14.3 Å². The lowest BCUT2D eigenvalue weighted by Gasteiger charge is -2.04. The number of methoxy groups -OCH3 is 1. The molecule has 0 saturated heterocycles. The van der Waals surface area contributed by atoms with Crippen LogP contribution in [-0.4, -0.2) is 23.4 Å². The maximum absolute atomic E-state index is 10.7. The third kappa shape index (κ3) is 3.50. The minimum atomic E-state index is -0.387. The molecule has 1 atom stereocenters. The van der Waals surface area contributed by atoms with Gasteiger partial charge in [0.15, 0.2) is 5.12 Å². The Labute approximate surface area is 64.1 Å². The van der Waals surface area contributed by atoms with Crippen molar-refractivity contribution in [3.8, 4) is 0 Å². The zero-order valence-electron chi connectivity index (χ0n) is 6.21. The van der Waals surface area contributed by atoms with Gasteiger partial charge in [-0.1, -0.05) is 11.8 Å². The SMILES string of the molecule is COC(=O)C(C)SC(C)=O. The lowest BCUT2D eigenvalue weighted by molar-refractivity contribution is -0.139. The van der Waals surface area contributed by atoms with Gasteiger partial charge in [0.2, 0.25) is 0 Å². The molecule has 0 N–H and O–H groups in total. The number of carbonyl (C=O) groups excluding carboxylic acids is 2. The fourth-order valence-corrected chi connectivity index (χ4v) is 1.15. The molecule has 0 heterocycles. The Morgan fingerprint density at radius 1 is 1.50 bits per heavy atom. The van der Waals surface area contributed by atoms with E-state index >= 15 is 0 Å². The first kappa shape index (κ1) is 9.49. The molecular formula is C6H10O3S. The normalized spacial score (nSPS) is 12.3. The van der Waals surface area contributed by atoms with E-state index in [4.69, 9.17) is 0 Å². The molecule has 0 fully saturated rings. The molecule has 0 spiro atoms. The van der Waals surface area contributed by atoms with Crippen LogP contribution in [0.5, 0.6) is 0 Å². The van der Waals surface area contributed by atoms with Crippen LogP contribution in [0.3, 0.4) is 0 Å². The van der Waals surface area contributed by atoms with Gasteiger partial charge in [-0.05, 0) is 6.92 Å². The van der Waals surface area contributed by atoms with Gasteiger partial charge in [0, 0.05) is 6.92 Å². The molecule has 0 aromatic heterocycles. The van der Waals surface area contributed by atoms with E-state index in [1.807, 2.05) is 0 Å². The quantitative estimate of drug-likeness (QED) is 0.564. The molecule has 0 aliphatic heterocycles. The maximum Gasteiger partial charge on any atom is 0.318 e. The van der Waals surface area contributed by atoms with Crippen molar-refractivity contribution in [3.05, 3.63) is 0 Å². The molecule has 0 aromatic carbocycles. The number of ether oxygens (including phenoxy) is 1. The zero-order valence-corrected chi connectivity index (χ0v) is 7.03. The van der Waals surface area contributed by atoms with Gasteiger partial charge in [-0.15, -0.1) is 0 Å². The van der Waals surface area contributed by atoms with E-state index in [-0.39, 0.29) is 16.3 Å². The summed E-state index contributed by atoms with van der Waals surface area (Å²) in [4.78, 5) is 21.1. The fourth-order valence-electron chi connectivity index (χ4n) is 0.463. The summed E-state index contributed by atoms with van der Waals surface area (Å²) in [6, 6.07) is 0. The van der Waals surface area contributed by atoms with E-state index in [9.17, 15) is 9.59 Å². The second kappa shape index (κ2) is 4.33. The Morgan fingerprint density at radius 3 is 2.30 bits per heavy atom. The van der Waals surface area contributed by atoms with Gasteiger partial charge in [-0.2, -0.15) is 0 Å². The van der Waals surface area contributed by atoms with Gasteiger partial charge >= 0.3 is 5.97 Å². The third-order valence-electron chi connectivity index (χ3n) is 0.876. The molecule has 0 bridgehead atoms. The van der Waals surface area contributed by atoms with Crippen LogP contribution in [0.15, 0.2) is 0 Å². The van der Waals surface area contributed by atoms with Gasteiger partial charge in [-0.3, -0.25) is 9.59 Å². The summed E-state index contributed by atoms with van der Waals surface area (Å²) in [5.41, 5.74) is 0.